The predicted octanol–water partition coefficient (Wildman–Crippen LogP) is -2.34. The standard InChI is InChI=1S/C6H13O5P/c7-1-2-3(8)4(9)5(10)6(12)11-2/h2-10H,1,12H2/t2-,3-,4+,5-,6+/m1/s1. The molecule has 0 aromatic rings. The van der Waals surface area contributed by atoms with Gasteiger partial charge < -0.3 is 25.2 Å². The van der Waals surface area contributed by atoms with Crippen LogP contribution in [0, 0.1) is 0 Å². The van der Waals surface area contributed by atoms with Gasteiger partial charge in [-0.15, -0.1) is 9.24 Å². The molecule has 4 N–H and O–H groups in total. The minimum Gasteiger partial charge on any atom is -0.394 e. The summed E-state index contributed by atoms with van der Waals surface area (Å²) < 4.78 is 4.98. The Labute approximate surface area is 72.2 Å². The average molecular weight is 196 g/mol. The maximum absolute atomic E-state index is 9.22. The van der Waals surface area contributed by atoms with Crippen molar-refractivity contribution < 1.29 is 25.2 Å². The first-order valence-corrected chi connectivity index (χ1v) is 4.30. The summed E-state index contributed by atoms with van der Waals surface area (Å²) in [4.78, 5) is 0. The molecule has 0 amide bonds. The summed E-state index contributed by atoms with van der Waals surface area (Å²) in [7, 11) is 2.18. The van der Waals surface area contributed by atoms with Gasteiger partial charge in [-0.3, -0.25) is 0 Å². The summed E-state index contributed by atoms with van der Waals surface area (Å²) in [5, 5.41) is 36.3. The van der Waals surface area contributed by atoms with Crippen molar-refractivity contribution in [1.29, 1.82) is 0 Å². The van der Waals surface area contributed by atoms with Gasteiger partial charge in [0.25, 0.3) is 0 Å². The van der Waals surface area contributed by atoms with Crippen LogP contribution in [-0.4, -0.2) is 57.3 Å². The van der Waals surface area contributed by atoms with Gasteiger partial charge in [-0.1, -0.05) is 0 Å². The van der Waals surface area contributed by atoms with E-state index < -0.39 is 30.3 Å². The lowest BCUT2D eigenvalue weighted by Crippen LogP contribution is -2.56. The van der Waals surface area contributed by atoms with E-state index >= 15 is 0 Å². The molecule has 0 aromatic carbocycles. The van der Waals surface area contributed by atoms with E-state index in [2.05, 4.69) is 9.24 Å². The van der Waals surface area contributed by atoms with Gasteiger partial charge >= 0.3 is 0 Å². The van der Waals surface area contributed by atoms with Crippen LogP contribution < -0.4 is 0 Å². The third-order valence-corrected chi connectivity index (χ3v) is 2.48. The molecule has 1 aliphatic heterocycles. The Morgan fingerprint density at radius 3 is 2.17 bits per heavy atom. The average Bonchev–Trinajstić information content (AvgIpc) is 2.08. The van der Waals surface area contributed by atoms with E-state index in [1.54, 1.807) is 0 Å². The number of ether oxygens (including phenoxy) is 1. The van der Waals surface area contributed by atoms with E-state index in [4.69, 9.17) is 9.84 Å². The molecule has 1 rings (SSSR count). The van der Waals surface area contributed by atoms with Crippen LogP contribution in [0.25, 0.3) is 0 Å². The normalized spacial score (nSPS) is 49.2. The molecule has 12 heavy (non-hydrogen) atoms. The van der Waals surface area contributed by atoms with Crippen molar-refractivity contribution in [3.63, 3.8) is 0 Å². The van der Waals surface area contributed by atoms with Crippen molar-refractivity contribution in [2.75, 3.05) is 6.61 Å². The molecule has 0 radical (unpaired) electrons. The molecule has 1 heterocycles. The van der Waals surface area contributed by atoms with Crippen molar-refractivity contribution in [2.24, 2.45) is 0 Å². The van der Waals surface area contributed by atoms with Crippen LogP contribution in [0.4, 0.5) is 0 Å². The minimum absolute atomic E-state index is 0.379. The number of hydrogen-bond donors (Lipinski definition) is 4. The Morgan fingerprint density at radius 2 is 1.67 bits per heavy atom. The number of hydrogen-bond acceptors (Lipinski definition) is 5. The molecule has 1 aliphatic rings. The second-order valence-electron chi connectivity index (χ2n) is 2.79. The van der Waals surface area contributed by atoms with Gasteiger partial charge in [-0.05, 0) is 0 Å². The van der Waals surface area contributed by atoms with Crippen molar-refractivity contribution >= 4 is 9.24 Å². The Balaban J connectivity index is 2.63. The highest BCUT2D eigenvalue weighted by atomic mass is 31.0. The second kappa shape index (κ2) is 3.96. The zero-order valence-corrected chi connectivity index (χ0v) is 7.52. The lowest BCUT2D eigenvalue weighted by molar-refractivity contribution is -0.206. The number of rotatable bonds is 1. The van der Waals surface area contributed by atoms with Crippen LogP contribution in [-0.2, 0) is 4.74 Å². The van der Waals surface area contributed by atoms with Gasteiger partial charge in [0.15, 0.2) is 0 Å². The first-order valence-electron chi connectivity index (χ1n) is 3.64. The van der Waals surface area contributed by atoms with E-state index in [1.807, 2.05) is 0 Å². The number of aliphatic hydroxyl groups is 4. The smallest absolute Gasteiger partial charge is 0.112 e. The van der Waals surface area contributed by atoms with Crippen LogP contribution >= 0.6 is 9.24 Å². The Morgan fingerprint density at radius 1 is 1.08 bits per heavy atom. The van der Waals surface area contributed by atoms with Gasteiger partial charge in [0.2, 0.25) is 0 Å². The zero-order valence-electron chi connectivity index (χ0n) is 6.37. The van der Waals surface area contributed by atoms with Crippen LogP contribution in [0.5, 0.6) is 0 Å². The molecule has 6 atom stereocenters. The fraction of sp³-hybridized carbons (Fsp3) is 1.00. The quantitative estimate of drug-likeness (QED) is 0.353. The van der Waals surface area contributed by atoms with Gasteiger partial charge in [0.05, 0.1) is 12.5 Å². The van der Waals surface area contributed by atoms with E-state index in [9.17, 15) is 15.3 Å². The molecule has 6 heteroatoms. The zero-order chi connectivity index (χ0) is 9.30. The highest BCUT2D eigenvalue weighted by Crippen LogP contribution is 2.24. The monoisotopic (exact) mass is 196 g/mol. The SMILES string of the molecule is OC[C@H]1O[C@@H](P)[C@H](O)[C@@H](O)[C@@H]1O. The maximum Gasteiger partial charge on any atom is 0.112 e. The van der Waals surface area contributed by atoms with E-state index in [0.717, 1.165) is 0 Å². The molecule has 72 valence electrons. The van der Waals surface area contributed by atoms with Crippen molar-refractivity contribution in [2.45, 2.75) is 30.3 Å². The van der Waals surface area contributed by atoms with Crippen LogP contribution in [0.2, 0.25) is 0 Å². The molecule has 1 fully saturated rings. The molecular formula is C6H13O5P. The molecule has 0 bridgehead atoms. The summed E-state index contributed by atoms with van der Waals surface area (Å²) in [6.07, 6.45) is -4.46. The molecule has 1 saturated heterocycles. The Kier molecular flexibility index (Phi) is 3.40. The van der Waals surface area contributed by atoms with Crippen molar-refractivity contribution in [1.82, 2.24) is 0 Å². The summed E-state index contributed by atoms with van der Waals surface area (Å²) >= 11 is 0. The third-order valence-electron chi connectivity index (χ3n) is 1.93. The van der Waals surface area contributed by atoms with Crippen LogP contribution in [0.1, 0.15) is 0 Å². The molecule has 0 aromatic heterocycles. The lowest BCUT2D eigenvalue weighted by Gasteiger charge is -2.38. The number of aliphatic hydroxyl groups excluding tert-OH is 4. The first-order chi connectivity index (χ1) is 5.57. The highest BCUT2D eigenvalue weighted by Gasteiger charge is 2.41. The molecule has 1 unspecified atom stereocenters. The lowest BCUT2D eigenvalue weighted by atomic mass is 10.0. The Hall–Kier alpha value is 0.230. The summed E-state index contributed by atoms with van der Waals surface area (Å²) in [6.45, 7) is -0.379. The topological polar surface area (TPSA) is 90.2 Å². The fourth-order valence-electron chi connectivity index (χ4n) is 1.13. The highest BCUT2D eigenvalue weighted by molar-refractivity contribution is 7.17. The predicted molar refractivity (Wildman–Crippen MR) is 43.5 cm³/mol. The van der Waals surface area contributed by atoms with E-state index in [-0.39, 0.29) is 6.61 Å². The second-order valence-corrected chi connectivity index (χ2v) is 3.45. The minimum atomic E-state index is -1.27. The van der Waals surface area contributed by atoms with Gasteiger partial charge in [-0.2, -0.15) is 0 Å². The Bertz CT molecular complexity index is 150. The third kappa shape index (κ3) is 1.76. The molecule has 0 saturated carbocycles. The summed E-state index contributed by atoms with van der Waals surface area (Å²) in [5.74, 6) is -0.652. The maximum atomic E-state index is 9.22. The van der Waals surface area contributed by atoms with Gasteiger partial charge in [-0.25, -0.2) is 0 Å². The molecule has 0 aliphatic carbocycles. The fourth-order valence-corrected chi connectivity index (χ4v) is 1.56. The molecular weight excluding hydrogens is 183 g/mol. The summed E-state index contributed by atoms with van der Waals surface area (Å²) in [5.41, 5.74) is 0. The van der Waals surface area contributed by atoms with Crippen molar-refractivity contribution in [3.8, 4) is 0 Å². The first kappa shape index (κ1) is 10.3. The van der Waals surface area contributed by atoms with E-state index in [0.29, 0.717) is 0 Å². The molecule has 5 nitrogen and oxygen atoms in total. The van der Waals surface area contributed by atoms with Crippen LogP contribution in [0.3, 0.4) is 0 Å². The van der Waals surface area contributed by atoms with Crippen molar-refractivity contribution in [3.05, 3.63) is 0 Å². The van der Waals surface area contributed by atoms with E-state index in [1.165, 1.54) is 0 Å². The largest absolute Gasteiger partial charge is 0.394 e. The van der Waals surface area contributed by atoms with Gasteiger partial charge in [0, 0.05) is 0 Å². The van der Waals surface area contributed by atoms with Crippen LogP contribution in [0.15, 0.2) is 0 Å². The summed E-state index contributed by atoms with van der Waals surface area (Å²) in [6, 6.07) is 0. The molecule has 0 spiro atoms. The van der Waals surface area contributed by atoms with Gasteiger partial charge in [0.1, 0.15) is 24.4 Å².